The number of aliphatic hydroxyl groups excluding tert-OH is 1. The van der Waals surface area contributed by atoms with Crippen molar-refractivity contribution in [3.05, 3.63) is 0 Å². The molecule has 0 radical (unpaired) electrons. The summed E-state index contributed by atoms with van der Waals surface area (Å²) in [5, 5.41) is 9.96. The highest BCUT2D eigenvalue weighted by Crippen LogP contribution is 2.31. The van der Waals surface area contributed by atoms with E-state index in [4.69, 9.17) is 23.2 Å². The van der Waals surface area contributed by atoms with Gasteiger partial charge in [-0.2, -0.15) is 0 Å². The predicted molar refractivity (Wildman–Crippen MR) is 63.0 cm³/mol. The van der Waals surface area contributed by atoms with Crippen molar-refractivity contribution in [2.24, 2.45) is 0 Å². The smallest absolute Gasteiger partial charge is 0.175 e. The van der Waals surface area contributed by atoms with E-state index in [9.17, 15) is 5.11 Å². The van der Waals surface area contributed by atoms with E-state index in [-0.39, 0.29) is 0 Å². The SMILES string of the molecule is CN1CCN(C)C(O)N(C)C(Cl)(Cl)CC1. The Morgan fingerprint density at radius 2 is 1.73 bits per heavy atom. The summed E-state index contributed by atoms with van der Waals surface area (Å²) in [4.78, 5) is 5.55. The molecule has 0 aromatic carbocycles. The lowest BCUT2D eigenvalue weighted by atomic mass is 10.3. The van der Waals surface area contributed by atoms with Crippen molar-refractivity contribution in [3.63, 3.8) is 0 Å². The topological polar surface area (TPSA) is 30.0 Å². The molecule has 6 heteroatoms. The predicted octanol–water partition coefficient (Wildman–Crippen LogP) is 0.593. The van der Waals surface area contributed by atoms with E-state index >= 15 is 0 Å². The van der Waals surface area contributed by atoms with E-state index in [1.54, 1.807) is 11.9 Å². The number of halogens is 2. The minimum Gasteiger partial charge on any atom is -0.365 e. The van der Waals surface area contributed by atoms with Crippen LogP contribution in [-0.4, -0.2) is 71.4 Å². The first kappa shape index (κ1) is 13.5. The van der Waals surface area contributed by atoms with Crippen molar-refractivity contribution >= 4 is 23.2 Å². The summed E-state index contributed by atoms with van der Waals surface area (Å²) < 4.78 is -1.02. The van der Waals surface area contributed by atoms with Crippen LogP contribution in [0.3, 0.4) is 0 Å². The lowest BCUT2D eigenvalue weighted by molar-refractivity contribution is -0.0998. The Kier molecular flexibility index (Phi) is 4.64. The minimum absolute atomic E-state index is 0.605. The molecule has 1 heterocycles. The van der Waals surface area contributed by atoms with Crippen molar-refractivity contribution in [2.75, 3.05) is 40.8 Å². The number of likely N-dealkylation sites (N-methyl/N-ethyl adjacent to an activating group) is 2. The van der Waals surface area contributed by atoms with Gasteiger partial charge >= 0.3 is 0 Å². The normalized spacial score (nSPS) is 32.0. The average molecular weight is 256 g/mol. The zero-order valence-corrected chi connectivity index (χ0v) is 11.0. The molecule has 15 heavy (non-hydrogen) atoms. The Morgan fingerprint density at radius 3 is 2.33 bits per heavy atom. The first-order valence-electron chi connectivity index (χ1n) is 5.02. The third-order valence-electron chi connectivity index (χ3n) is 2.89. The first-order chi connectivity index (χ1) is 6.84. The quantitative estimate of drug-likeness (QED) is 0.507. The standard InChI is InChI=1S/C9H19Cl2N3O/c1-12-5-4-9(10,11)14(3)8(15)13(2)7-6-12/h8,15H,4-7H2,1-3H3. The number of rotatable bonds is 0. The van der Waals surface area contributed by atoms with Crippen LogP contribution < -0.4 is 0 Å². The molecule has 1 atom stereocenters. The van der Waals surface area contributed by atoms with Gasteiger partial charge in [-0.1, -0.05) is 23.2 Å². The molecule has 0 aliphatic carbocycles. The van der Waals surface area contributed by atoms with Gasteiger partial charge in [-0.25, -0.2) is 4.90 Å². The number of hydrogen-bond donors (Lipinski definition) is 1. The Morgan fingerprint density at radius 1 is 1.13 bits per heavy atom. The van der Waals surface area contributed by atoms with Gasteiger partial charge in [0.25, 0.3) is 0 Å². The molecule has 1 N–H and O–H groups in total. The molecule has 0 amide bonds. The Labute approximate surface area is 101 Å². The van der Waals surface area contributed by atoms with Crippen LogP contribution in [0.15, 0.2) is 0 Å². The highest BCUT2D eigenvalue weighted by Gasteiger charge is 2.36. The van der Waals surface area contributed by atoms with Gasteiger partial charge in [-0.15, -0.1) is 0 Å². The molecule has 0 aromatic rings. The van der Waals surface area contributed by atoms with E-state index in [1.807, 2.05) is 19.0 Å². The van der Waals surface area contributed by atoms with Crippen molar-refractivity contribution in [1.82, 2.24) is 14.7 Å². The second-order valence-corrected chi connectivity index (χ2v) is 5.60. The Hall–Kier alpha value is 0.420. The fraction of sp³-hybridized carbons (Fsp3) is 1.00. The molecular formula is C9H19Cl2N3O. The zero-order chi connectivity index (χ0) is 11.6. The molecule has 1 unspecified atom stereocenters. The van der Waals surface area contributed by atoms with Crippen LogP contribution in [-0.2, 0) is 0 Å². The highest BCUT2D eigenvalue weighted by atomic mass is 35.5. The summed E-state index contributed by atoms with van der Waals surface area (Å²) >= 11 is 12.4. The number of nitrogens with zero attached hydrogens (tertiary/aromatic N) is 3. The fourth-order valence-corrected chi connectivity index (χ4v) is 1.87. The number of alkyl halides is 2. The molecule has 4 nitrogen and oxygen atoms in total. The van der Waals surface area contributed by atoms with E-state index < -0.39 is 10.8 Å². The molecule has 1 saturated heterocycles. The monoisotopic (exact) mass is 255 g/mol. The maximum Gasteiger partial charge on any atom is 0.175 e. The molecule has 0 bridgehead atoms. The number of aliphatic hydroxyl groups is 1. The Balaban J connectivity index is 2.78. The van der Waals surface area contributed by atoms with Gasteiger partial charge in [-0.3, -0.25) is 4.90 Å². The van der Waals surface area contributed by atoms with E-state index in [1.165, 1.54) is 0 Å². The summed E-state index contributed by atoms with van der Waals surface area (Å²) in [5.41, 5.74) is 0. The third-order valence-corrected chi connectivity index (χ3v) is 3.80. The minimum atomic E-state index is -1.02. The average Bonchev–Trinajstić information content (AvgIpc) is 2.21. The van der Waals surface area contributed by atoms with Gasteiger partial charge in [0.1, 0.15) is 0 Å². The van der Waals surface area contributed by atoms with Crippen LogP contribution in [0.1, 0.15) is 6.42 Å². The maximum absolute atomic E-state index is 9.96. The van der Waals surface area contributed by atoms with Gasteiger partial charge in [0, 0.05) is 26.1 Å². The van der Waals surface area contributed by atoms with Crippen molar-refractivity contribution in [1.29, 1.82) is 0 Å². The van der Waals surface area contributed by atoms with Crippen molar-refractivity contribution in [3.8, 4) is 0 Å². The molecular weight excluding hydrogens is 237 g/mol. The molecule has 0 saturated carbocycles. The van der Waals surface area contributed by atoms with Crippen molar-refractivity contribution < 1.29 is 5.11 Å². The van der Waals surface area contributed by atoms with Gasteiger partial charge in [0.05, 0.1) is 0 Å². The maximum atomic E-state index is 9.96. The first-order valence-corrected chi connectivity index (χ1v) is 5.78. The Bertz CT molecular complexity index is 216. The molecule has 0 aromatic heterocycles. The second-order valence-electron chi connectivity index (χ2n) is 4.16. The van der Waals surface area contributed by atoms with Gasteiger partial charge in [0.2, 0.25) is 0 Å². The molecule has 0 spiro atoms. The zero-order valence-electron chi connectivity index (χ0n) is 9.45. The summed E-state index contributed by atoms with van der Waals surface area (Å²) in [6, 6.07) is 0. The molecule has 1 rings (SSSR count). The van der Waals surface area contributed by atoms with Crippen LogP contribution in [0.5, 0.6) is 0 Å². The summed E-state index contributed by atoms with van der Waals surface area (Å²) in [6.07, 6.45) is -0.139. The van der Waals surface area contributed by atoms with E-state index in [0.717, 1.165) is 19.6 Å². The van der Waals surface area contributed by atoms with Crippen LogP contribution in [0, 0.1) is 0 Å². The van der Waals surface area contributed by atoms with Crippen LogP contribution in [0.25, 0.3) is 0 Å². The van der Waals surface area contributed by atoms with E-state index in [0.29, 0.717) is 6.42 Å². The van der Waals surface area contributed by atoms with Crippen LogP contribution in [0.4, 0.5) is 0 Å². The molecule has 1 fully saturated rings. The van der Waals surface area contributed by atoms with Gasteiger partial charge in [-0.05, 0) is 21.1 Å². The third kappa shape index (κ3) is 3.44. The molecule has 1 aliphatic rings. The van der Waals surface area contributed by atoms with Crippen LogP contribution >= 0.6 is 23.2 Å². The summed E-state index contributed by atoms with van der Waals surface area (Å²) in [5.74, 6) is 0. The fourth-order valence-electron chi connectivity index (χ4n) is 1.52. The largest absolute Gasteiger partial charge is 0.365 e. The second kappa shape index (κ2) is 5.17. The summed E-state index contributed by atoms with van der Waals surface area (Å²) in [6.45, 7) is 2.50. The lowest BCUT2D eigenvalue weighted by Gasteiger charge is -2.37. The molecule has 1 aliphatic heterocycles. The van der Waals surface area contributed by atoms with Crippen molar-refractivity contribution in [2.45, 2.75) is 17.2 Å². The highest BCUT2D eigenvalue weighted by molar-refractivity contribution is 6.48. The summed E-state index contributed by atoms with van der Waals surface area (Å²) in [7, 11) is 5.60. The lowest BCUT2D eigenvalue weighted by Crippen LogP contribution is -2.51. The molecule has 90 valence electrons. The van der Waals surface area contributed by atoms with Crippen LogP contribution in [0.2, 0.25) is 0 Å². The van der Waals surface area contributed by atoms with E-state index in [2.05, 4.69) is 4.90 Å². The number of hydrogen-bond acceptors (Lipinski definition) is 4. The van der Waals surface area contributed by atoms with Gasteiger partial charge < -0.3 is 10.0 Å². The van der Waals surface area contributed by atoms with Gasteiger partial charge in [0.15, 0.2) is 10.8 Å².